The molecule has 1 unspecified atom stereocenters. The number of hydrogen-bond acceptors (Lipinski definition) is 5. The zero-order valence-electron chi connectivity index (χ0n) is 14.2. The highest BCUT2D eigenvalue weighted by molar-refractivity contribution is 6.13. The first-order chi connectivity index (χ1) is 12.1. The summed E-state index contributed by atoms with van der Waals surface area (Å²) in [5.41, 5.74) is 2.35. The fourth-order valence-electron chi connectivity index (χ4n) is 3.19. The Labute approximate surface area is 146 Å². The van der Waals surface area contributed by atoms with E-state index in [9.17, 15) is 14.8 Å². The fourth-order valence-corrected chi connectivity index (χ4v) is 3.19. The topological polar surface area (TPSA) is 72.8 Å². The van der Waals surface area contributed by atoms with Gasteiger partial charge in [-0.1, -0.05) is 50.2 Å². The van der Waals surface area contributed by atoms with Gasteiger partial charge in [-0.2, -0.15) is 4.89 Å². The largest absolute Gasteiger partial charge is 0.421 e. The predicted octanol–water partition coefficient (Wildman–Crippen LogP) is 3.83. The van der Waals surface area contributed by atoms with Gasteiger partial charge in [0.05, 0.1) is 0 Å². The molecule has 5 nitrogen and oxygen atoms in total. The Hall–Kier alpha value is -2.50. The number of ketones is 1. The molecule has 0 radical (unpaired) electrons. The number of rotatable bonds is 5. The molecule has 1 atom stereocenters. The number of esters is 1. The number of fused-ring (bicyclic) bond motifs is 2. The van der Waals surface area contributed by atoms with Gasteiger partial charge in [0.1, 0.15) is 0 Å². The van der Waals surface area contributed by atoms with Crippen LogP contribution in [0.2, 0.25) is 0 Å². The molecular weight excluding hydrogens is 320 g/mol. The van der Waals surface area contributed by atoms with Gasteiger partial charge in [0.25, 0.3) is 5.79 Å². The van der Waals surface area contributed by atoms with Crippen molar-refractivity contribution in [3.8, 4) is 0 Å². The van der Waals surface area contributed by atoms with Crippen LogP contribution in [0.5, 0.6) is 0 Å². The highest BCUT2D eigenvalue weighted by atomic mass is 17.1. The van der Waals surface area contributed by atoms with Gasteiger partial charge in [0, 0.05) is 28.7 Å². The molecule has 130 valence electrons. The van der Waals surface area contributed by atoms with Crippen molar-refractivity contribution in [2.75, 3.05) is 0 Å². The highest BCUT2D eigenvalue weighted by Crippen LogP contribution is 2.43. The van der Waals surface area contributed by atoms with Crippen LogP contribution < -0.4 is 0 Å². The summed E-state index contributed by atoms with van der Waals surface area (Å²) in [5, 5.41) is 9.78. The maximum atomic E-state index is 12.9. The second-order valence-corrected chi connectivity index (χ2v) is 6.04. The van der Waals surface area contributed by atoms with Gasteiger partial charge in [-0.05, 0) is 24.5 Å². The third-order valence-corrected chi connectivity index (χ3v) is 4.46. The lowest BCUT2D eigenvalue weighted by Gasteiger charge is -2.36. The van der Waals surface area contributed by atoms with E-state index in [0.717, 1.165) is 12.0 Å². The van der Waals surface area contributed by atoms with Gasteiger partial charge in [0.15, 0.2) is 5.78 Å². The minimum Gasteiger partial charge on any atom is -0.421 e. The summed E-state index contributed by atoms with van der Waals surface area (Å²) in [4.78, 5) is 29.9. The molecule has 5 heteroatoms. The van der Waals surface area contributed by atoms with Crippen molar-refractivity contribution < 1.29 is 24.5 Å². The monoisotopic (exact) mass is 340 g/mol. The van der Waals surface area contributed by atoms with Gasteiger partial charge in [-0.15, -0.1) is 0 Å². The number of ether oxygens (including phenoxy) is 1. The second kappa shape index (κ2) is 6.78. The summed E-state index contributed by atoms with van der Waals surface area (Å²) < 4.78 is 5.58. The summed E-state index contributed by atoms with van der Waals surface area (Å²) in [7, 11) is 0. The Balaban J connectivity index is 2.25. The van der Waals surface area contributed by atoms with E-state index in [4.69, 9.17) is 9.62 Å². The van der Waals surface area contributed by atoms with Crippen molar-refractivity contribution in [2.45, 2.75) is 38.9 Å². The second-order valence-electron chi connectivity index (χ2n) is 6.04. The van der Waals surface area contributed by atoms with Crippen LogP contribution in [0.25, 0.3) is 0 Å². The van der Waals surface area contributed by atoms with Crippen molar-refractivity contribution in [3.05, 3.63) is 70.3 Å². The summed E-state index contributed by atoms with van der Waals surface area (Å²) in [6.07, 6.45) is 1.54. The Kier molecular flexibility index (Phi) is 4.70. The van der Waals surface area contributed by atoms with Gasteiger partial charge >= 0.3 is 5.97 Å². The molecule has 1 N–H and O–H groups in total. The zero-order valence-corrected chi connectivity index (χ0v) is 14.2. The number of hydrogen-bond donors (Lipinski definition) is 1. The van der Waals surface area contributed by atoms with Crippen molar-refractivity contribution in [3.63, 3.8) is 0 Å². The molecule has 25 heavy (non-hydrogen) atoms. The lowest BCUT2D eigenvalue weighted by atomic mass is 9.79. The first-order valence-corrected chi connectivity index (χ1v) is 8.39. The van der Waals surface area contributed by atoms with Crippen LogP contribution in [0.4, 0.5) is 0 Å². The molecule has 2 aromatic carbocycles. The molecule has 1 aliphatic carbocycles. The van der Waals surface area contributed by atoms with Crippen LogP contribution in [0, 0.1) is 0 Å². The average molecular weight is 340 g/mol. The normalized spacial score (nSPS) is 18.4. The molecule has 0 aromatic heterocycles. The molecule has 1 aliphatic rings. The summed E-state index contributed by atoms with van der Waals surface area (Å²) in [5.74, 6) is -2.52. The van der Waals surface area contributed by atoms with E-state index >= 15 is 0 Å². The van der Waals surface area contributed by atoms with Crippen molar-refractivity contribution >= 4 is 11.8 Å². The average Bonchev–Trinajstić information content (AvgIpc) is 2.65. The SMILES string of the molecule is CCCC(=O)OC1(OO)c2ccccc2C(=O)c2cc(CC)ccc21. The Bertz CT molecular complexity index is 827. The fraction of sp³-hybridized carbons (Fsp3) is 0.300. The number of carbonyl (C=O) groups excluding carboxylic acids is 2. The maximum absolute atomic E-state index is 12.9. The highest BCUT2D eigenvalue weighted by Gasteiger charge is 2.49. The predicted molar refractivity (Wildman–Crippen MR) is 91.2 cm³/mol. The third kappa shape index (κ3) is 2.75. The van der Waals surface area contributed by atoms with E-state index in [0.29, 0.717) is 28.7 Å². The van der Waals surface area contributed by atoms with E-state index in [-0.39, 0.29) is 12.2 Å². The van der Waals surface area contributed by atoms with Crippen LogP contribution in [0.1, 0.15) is 59.3 Å². The van der Waals surface area contributed by atoms with Crippen molar-refractivity contribution in [1.82, 2.24) is 0 Å². The molecule has 0 saturated carbocycles. The van der Waals surface area contributed by atoms with Gasteiger partial charge in [0.2, 0.25) is 0 Å². The van der Waals surface area contributed by atoms with E-state index in [2.05, 4.69) is 0 Å². The standard InChI is InChI=1S/C20H20O5/c1-3-7-18(21)24-20(25-23)16-9-6-5-8-14(16)19(22)15-12-13(4-2)10-11-17(15)20/h5-6,8-12,23H,3-4,7H2,1-2H3. The Morgan fingerprint density at radius 1 is 1.08 bits per heavy atom. The number of benzene rings is 2. The van der Waals surface area contributed by atoms with E-state index in [1.165, 1.54) is 0 Å². The number of aryl methyl sites for hydroxylation is 1. The zero-order chi connectivity index (χ0) is 18.0. The lowest BCUT2D eigenvalue weighted by Crippen LogP contribution is -2.41. The molecule has 2 aromatic rings. The molecule has 0 amide bonds. The van der Waals surface area contributed by atoms with Crippen LogP contribution in [0.15, 0.2) is 42.5 Å². The molecule has 0 heterocycles. The molecule has 0 saturated heterocycles. The van der Waals surface area contributed by atoms with Crippen LogP contribution in [0.3, 0.4) is 0 Å². The van der Waals surface area contributed by atoms with E-state index < -0.39 is 11.8 Å². The summed E-state index contributed by atoms with van der Waals surface area (Å²) in [6, 6.07) is 12.0. The van der Waals surface area contributed by atoms with Crippen LogP contribution >= 0.6 is 0 Å². The summed E-state index contributed by atoms with van der Waals surface area (Å²) >= 11 is 0. The smallest absolute Gasteiger partial charge is 0.308 e. The van der Waals surface area contributed by atoms with E-state index in [1.807, 2.05) is 19.9 Å². The molecule has 3 rings (SSSR count). The Morgan fingerprint density at radius 3 is 2.48 bits per heavy atom. The first kappa shape index (κ1) is 17.3. The molecule has 0 fully saturated rings. The maximum Gasteiger partial charge on any atom is 0.308 e. The quantitative estimate of drug-likeness (QED) is 0.388. The van der Waals surface area contributed by atoms with Gasteiger partial charge in [-0.3, -0.25) is 9.59 Å². The third-order valence-electron chi connectivity index (χ3n) is 4.46. The molecule has 0 bridgehead atoms. The van der Waals surface area contributed by atoms with Crippen molar-refractivity contribution in [2.24, 2.45) is 0 Å². The van der Waals surface area contributed by atoms with Crippen LogP contribution in [-0.2, 0) is 26.6 Å². The van der Waals surface area contributed by atoms with Crippen LogP contribution in [-0.4, -0.2) is 17.0 Å². The summed E-state index contributed by atoms with van der Waals surface area (Å²) in [6.45, 7) is 3.84. The molecule has 0 spiro atoms. The molecular formula is C20H20O5. The minimum absolute atomic E-state index is 0.180. The lowest BCUT2D eigenvalue weighted by molar-refractivity contribution is -0.384. The van der Waals surface area contributed by atoms with Gasteiger partial charge < -0.3 is 4.74 Å². The molecule has 0 aliphatic heterocycles. The first-order valence-electron chi connectivity index (χ1n) is 8.39. The Morgan fingerprint density at radius 2 is 1.80 bits per heavy atom. The van der Waals surface area contributed by atoms with E-state index in [1.54, 1.807) is 36.4 Å². The minimum atomic E-state index is -1.83. The van der Waals surface area contributed by atoms with Crippen molar-refractivity contribution in [1.29, 1.82) is 0 Å². The van der Waals surface area contributed by atoms with Gasteiger partial charge in [-0.25, -0.2) is 5.26 Å². The number of carbonyl (C=O) groups is 2.